The molecule has 9 rings (SSSR count). The van der Waals surface area contributed by atoms with Gasteiger partial charge in [-0.05, 0) is 70.6 Å². The molecule has 4 nitrogen and oxygen atoms in total. The zero-order chi connectivity index (χ0) is 32.2. The second-order valence-corrected chi connectivity index (χ2v) is 11.9. The zero-order valence-electron chi connectivity index (χ0n) is 25.8. The van der Waals surface area contributed by atoms with Crippen molar-refractivity contribution in [3.05, 3.63) is 175 Å². The van der Waals surface area contributed by atoms with Gasteiger partial charge >= 0.3 is 0 Å². The van der Waals surface area contributed by atoms with Crippen LogP contribution >= 0.6 is 0 Å². The van der Waals surface area contributed by atoms with Crippen LogP contribution in [0.15, 0.2) is 158 Å². The normalized spacial score (nSPS) is 11.3. The minimum atomic E-state index is 0.611. The molecule has 0 fully saturated rings. The summed E-state index contributed by atoms with van der Waals surface area (Å²) in [4.78, 5) is 3.87. The molecule has 0 saturated heterocycles. The molecule has 0 aliphatic carbocycles. The molecule has 4 heteroatoms. The van der Waals surface area contributed by atoms with Crippen molar-refractivity contribution in [1.29, 1.82) is 5.26 Å². The molecular formula is C44H26N4. The van der Waals surface area contributed by atoms with E-state index in [0.717, 1.165) is 66.5 Å². The lowest BCUT2D eigenvalue weighted by Crippen LogP contribution is -1.98. The number of nitrogens with zero attached hydrogens (tertiary/aromatic N) is 4. The predicted octanol–water partition coefficient (Wildman–Crippen LogP) is 11.6. The molecule has 0 aliphatic rings. The largest absolute Gasteiger partial charge is 0.319 e. The molecule has 2 heterocycles. The van der Waals surface area contributed by atoms with Crippen LogP contribution in [0.5, 0.6) is 0 Å². The van der Waals surface area contributed by atoms with E-state index in [0.29, 0.717) is 11.3 Å². The molecule has 9 aromatic rings. The summed E-state index contributed by atoms with van der Waals surface area (Å²) in [6.45, 7) is 7.89. The van der Waals surface area contributed by atoms with Crippen molar-refractivity contribution in [2.24, 2.45) is 0 Å². The third kappa shape index (κ3) is 4.07. The highest BCUT2D eigenvalue weighted by atomic mass is 15.0. The van der Waals surface area contributed by atoms with Gasteiger partial charge in [0.2, 0.25) is 5.69 Å². The molecule has 0 aliphatic heterocycles. The van der Waals surface area contributed by atoms with Gasteiger partial charge in [0.15, 0.2) is 0 Å². The maximum atomic E-state index is 9.99. The van der Waals surface area contributed by atoms with Gasteiger partial charge in [0.1, 0.15) is 0 Å². The number of hydrogen-bond acceptors (Lipinski definition) is 1. The summed E-state index contributed by atoms with van der Waals surface area (Å²) in [5.74, 6) is 0. The number of rotatable bonds is 4. The summed E-state index contributed by atoms with van der Waals surface area (Å²) in [7, 11) is 0. The minimum Gasteiger partial charge on any atom is -0.319 e. The third-order valence-corrected chi connectivity index (χ3v) is 9.39. The predicted molar refractivity (Wildman–Crippen MR) is 197 cm³/mol. The standard InChI is InChI=1S/C44H26N4/c1-46-39-16-10-15-37-35-13-4-6-17-40(35)47(44(37)39)31-24-22-30(23-25-31)32-26-21-29(28-45)27-38(32)36-14-5-9-20-43(36)48-41-18-7-2-11-33(41)34-12-3-8-19-42(34)48/h2-27H. The van der Waals surface area contributed by atoms with Gasteiger partial charge in [-0.2, -0.15) is 5.26 Å². The summed E-state index contributed by atoms with van der Waals surface area (Å²) < 4.78 is 4.53. The number of fused-ring (bicyclic) bond motifs is 6. The molecule has 0 spiro atoms. The topological polar surface area (TPSA) is 38.0 Å². The lowest BCUT2D eigenvalue weighted by Gasteiger charge is -2.18. The molecule has 2 aromatic heterocycles. The van der Waals surface area contributed by atoms with Gasteiger partial charge in [0.05, 0.1) is 46.0 Å². The average molecular weight is 611 g/mol. The SMILES string of the molecule is [C-]#[N+]c1cccc2c3ccccc3n(-c3ccc(-c4ccc(C#N)cc4-c4ccccc4-n4c5ccccc5c5ccccc54)cc3)c12. The van der Waals surface area contributed by atoms with E-state index in [1.807, 2.05) is 36.4 Å². The Bertz CT molecular complexity index is 2750. The molecule has 7 aromatic carbocycles. The Balaban J connectivity index is 1.24. The van der Waals surface area contributed by atoms with E-state index in [4.69, 9.17) is 6.57 Å². The Morgan fingerprint density at radius 3 is 1.75 bits per heavy atom. The van der Waals surface area contributed by atoms with Crippen LogP contribution in [-0.2, 0) is 0 Å². The van der Waals surface area contributed by atoms with Crippen molar-refractivity contribution in [3.8, 4) is 39.7 Å². The monoisotopic (exact) mass is 610 g/mol. The van der Waals surface area contributed by atoms with E-state index in [1.54, 1.807) is 0 Å². The molecule has 48 heavy (non-hydrogen) atoms. The van der Waals surface area contributed by atoms with Gasteiger partial charge in [-0.25, -0.2) is 4.85 Å². The first-order chi connectivity index (χ1) is 23.7. The first kappa shape index (κ1) is 27.4. The maximum Gasteiger partial charge on any atom is 0.211 e. The van der Waals surface area contributed by atoms with E-state index < -0.39 is 0 Å². The molecule has 0 saturated carbocycles. The van der Waals surface area contributed by atoms with E-state index in [-0.39, 0.29) is 0 Å². The van der Waals surface area contributed by atoms with Crippen molar-refractivity contribution >= 4 is 49.3 Å². The summed E-state index contributed by atoms with van der Waals surface area (Å²) in [5.41, 5.74) is 11.7. The molecular weight excluding hydrogens is 585 g/mol. The van der Waals surface area contributed by atoms with Crippen molar-refractivity contribution in [1.82, 2.24) is 9.13 Å². The van der Waals surface area contributed by atoms with Crippen LogP contribution in [-0.4, -0.2) is 9.13 Å². The van der Waals surface area contributed by atoms with Crippen molar-refractivity contribution < 1.29 is 0 Å². The Labute approximate surface area is 277 Å². The number of benzene rings is 7. The van der Waals surface area contributed by atoms with Crippen LogP contribution < -0.4 is 0 Å². The number of aromatic nitrogens is 2. The van der Waals surface area contributed by atoms with Crippen LogP contribution in [0.2, 0.25) is 0 Å². The van der Waals surface area contributed by atoms with E-state index in [1.165, 1.54) is 10.8 Å². The van der Waals surface area contributed by atoms with Crippen LogP contribution in [0.1, 0.15) is 5.56 Å². The summed E-state index contributed by atoms with van der Waals surface area (Å²) in [6, 6.07) is 56.6. The van der Waals surface area contributed by atoms with Crippen LogP contribution in [0, 0.1) is 17.9 Å². The quantitative estimate of drug-likeness (QED) is 0.183. The zero-order valence-corrected chi connectivity index (χ0v) is 25.8. The fraction of sp³-hybridized carbons (Fsp3) is 0. The Morgan fingerprint density at radius 1 is 0.500 bits per heavy atom. The molecule has 222 valence electrons. The van der Waals surface area contributed by atoms with Gasteiger partial charge in [0.25, 0.3) is 0 Å². The number of hydrogen-bond donors (Lipinski definition) is 0. The Kier molecular flexibility index (Phi) is 6.22. The van der Waals surface area contributed by atoms with Gasteiger partial charge in [0, 0.05) is 27.4 Å². The number of nitriles is 1. The van der Waals surface area contributed by atoms with Gasteiger partial charge in [-0.15, -0.1) is 0 Å². The third-order valence-electron chi connectivity index (χ3n) is 9.39. The fourth-order valence-corrected chi connectivity index (χ4v) is 7.32. The molecule has 0 bridgehead atoms. The molecule has 0 amide bonds. The highest BCUT2D eigenvalue weighted by Gasteiger charge is 2.19. The van der Waals surface area contributed by atoms with Gasteiger partial charge in [-0.3, -0.25) is 0 Å². The highest BCUT2D eigenvalue weighted by molar-refractivity contribution is 6.13. The van der Waals surface area contributed by atoms with Crippen molar-refractivity contribution in [2.75, 3.05) is 0 Å². The van der Waals surface area contributed by atoms with E-state index in [9.17, 15) is 5.26 Å². The van der Waals surface area contributed by atoms with Crippen molar-refractivity contribution in [2.45, 2.75) is 0 Å². The van der Waals surface area contributed by atoms with Gasteiger partial charge < -0.3 is 9.13 Å². The Morgan fingerprint density at radius 2 is 1.08 bits per heavy atom. The molecule has 0 radical (unpaired) electrons. The van der Waals surface area contributed by atoms with E-state index >= 15 is 0 Å². The first-order valence-electron chi connectivity index (χ1n) is 15.9. The lowest BCUT2D eigenvalue weighted by molar-refractivity contribution is 1.18. The summed E-state index contributed by atoms with van der Waals surface area (Å²) in [6.07, 6.45) is 0. The second-order valence-electron chi connectivity index (χ2n) is 11.9. The molecule has 0 N–H and O–H groups in total. The summed E-state index contributed by atoms with van der Waals surface area (Å²) >= 11 is 0. The molecule has 0 unspecified atom stereocenters. The molecule has 0 atom stereocenters. The van der Waals surface area contributed by atoms with Crippen molar-refractivity contribution in [3.63, 3.8) is 0 Å². The Hall–Kier alpha value is -6.88. The van der Waals surface area contributed by atoms with Crippen LogP contribution in [0.3, 0.4) is 0 Å². The van der Waals surface area contributed by atoms with Gasteiger partial charge in [-0.1, -0.05) is 109 Å². The summed E-state index contributed by atoms with van der Waals surface area (Å²) in [5, 5.41) is 14.6. The number of para-hydroxylation sites is 5. The average Bonchev–Trinajstić information content (AvgIpc) is 3.68. The highest BCUT2D eigenvalue weighted by Crippen LogP contribution is 2.41. The first-order valence-corrected chi connectivity index (χ1v) is 15.9. The fourth-order valence-electron chi connectivity index (χ4n) is 7.32. The van der Waals surface area contributed by atoms with Crippen LogP contribution in [0.4, 0.5) is 5.69 Å². The van der Waals surface area contributed by atoms with Crippen LogP contribution in [0.25, 0.3) is 82.1 Å². The smallest absolute Gasteiger partial charge is 0.211 e. The van der Waals surface area contributed by atoms with E-state index in [2.05, 4.69) is 141 Å². The lowest BCUT2D eigenvalue weighted by atomic mass is 9.91. The second kappa shape index (κ2) is 10.9. The maximum absolute atomic E-state index is 9.99. The minimum absolute atomic E-state index is 0.611.